The zero-order valence-electron chi connectivity index (χ0n) is 9.66. The van der Waals surface area contributed by atoms with Crippen LogP contribution in [0.4, 0.5) is 28.4 Å². The van der Waals surface area contributed by atoms with Crippen molar-refractivity contribution in [2.45, 2.75) is 19.4 Å². The summed E-state index contributed by atoms with van der Waals surface area (Å²) in [6.07, 6.45) is 0.182. The Morgan fingerprint density at radius 1 is 0.941 bits per heavy atom. The highest BCUT2D eigenvalue weighted by atomic mass is 16.1. The predicted octanol–water partition coefficient (Wildman–Crippen LogP) is -0.944. The van der Waals surface area contributed by atoms with E-state index in [-0.39, 0.29) is 40.6 Å². The highest BCUT2D eigenvalue weighted by Gasteiger charge is 2.19. The van der Waals surface area contributed by atoms with Gasteiger partial charge >= 0.3 is 0 Å². The molecule has 7 nitrogen and oxygen atoms in total. The fourth-order valence-corrected chi connectivity index (χ4v) is 1.49. The maximum absolute atomic E-state index is 11.1. The summed E-state index contributed by atoms with van der Waals surface area (Å²) >= 11 is 0. The summed E-state index contributed by atoms with van der Waals surface area (Å²) in [5, 5.41) is 0. The van der Waals surface area contributed by atoms with Gasteiger partial charge in [-0.2, -0.15) is 0 Å². The first kappa shape index (κ1) is 12.9. The average Bonchev–Trinajstić information content (AvgIpc) is 2.29. The predicted molar refractivity (Wildman–Crippen MR) is 70.9 cm³/mol. The number of carbonyl (C=O) groups is 1. The number of benzene rings is 1. The van der Waals surface area contributed by atoms with Crippen molar-refractivity contribution >= 4 is 34.2 Å². The van der Waals surface area contributed by atoms with Crippen LogP contribution in [0.2, 0.25) is 0 Å². The molecule has 94 valence electrons. The second kappa shape index (κ2) is 4.38. The SMILES string of the molecule is CC(=O)C(N)Cc1c(N)c(N)c(N)c(N)c1N. The van der Waals surface area contributed by atoms with Crippen LogP contribution < -0.4 is 34.4 Å². The molecular formula is C10H18N6O. The Labute approximate surface area is 99.1 Å². The minimum absolute atomic E-state index is 0.153. The zero-order chi connectivity index (χ0) is 13.3. The van der Waals surface area contributed by atoms with Gasteiger partial charge in [0.05, 0.1) is 34.5 Å². The largest absolute Gasteiger partial charge is 0.397 e. The number of nitrogen functional groups attached to an aromatic ring is 5. The summed E-state index contributed by atoms with van der Waals surface area (Å²) in [4.78, 5) is 11.1. The lowest BCUT2D eigenvalue weighted by Gasteiger charge is -2.18. The fourth-order valence-electron chi connectivity index (χ4n) is 1.49. The van der Waals surface area contributed by atoms with Gasteiger partial charge in [-0.15, -0.1) is 0 Å². The van der Waals surface area contributed by atoms with Gasteiger partial charge in [-0.3, -0.25) is 4.79 Å². The summed E-state index contributed by atoms with van der Waals surface area (Å²) in [6, 6.07) is -0.693. The van der Waals surface area contributed by atoms with E-state index in [0.717, 1.165) is 0 Å². The van der Waals surface area contributed by atoms with Crippen LogP contribution in [0.15, 0.2) is 0 Å². The van der Waals surface area contributed by atoms with Gasteiger partial charge in [0.25, 0.3) is 0 Å². The van der Waals surface area contributed by atoms with E-state index in [1.807, 2.05) is 0 Å². The Kier molecular flexibility index (Phi) is 3.33. The molecule has 0 amide bonds. The molecule has 1 unspecified atom stereocenters. The number of carbonyl (C=O) groups excluding carboxylic acids is 1. The average molecular weight is 238 g/mol. The first-order valence-electron chi connectivity index (χ1n) is 5.03. The van der Waals surface area contributed by atoms with Gasteiger partial charge in [0, 0.05) is 5.56 Å². The lowest BCUT2D eigenvalue weighted by molar-refractivity contribution is -0.118. The van der Waals surface area contributed by atoms with E-state index in [4.69, 9.17) is 34.4 Å². The van der Waals surface area contributed by atoms with Crippen LogP contribution in [0.3, 0.4) is 0 Å². The molecule has 0 heterocycles. The molecule has 7 heteroatoms. The lowest BCUT2D eigenvalue weighted by atomic mass is 9.97. The molecule has 0 aromatic heterocycles. The van der Waals surface area contributed by atoms with E-state index in [2.05, 4.69) is 0 Å². The summed E-state index contributed by atoms with van der Waals surface area (Å²) in [7, 11) is 0. The molecule has 17 heavy (non-hydrogen) atoms. The smallest absolute Gasteiger partial charge is 0.146 e. The van der Waals surface area contributed by atoms with Crippen LogP contribution in [-0.4, -0.2) is 11.8 Å². The maximum atomic E-state index is 11.1. The Balaban J connectivity index is 3.30. The first-order chi connectivity index (χ1) is 7.77. The molecule has 0 spiro atoms. The van der Waals surface area contributed by atoms with Crippen molar-refractivity contribution in [3.8, 4) is 0 Å². The van der Waals surface area contributed by atoms with E-state index >= 15 is 0 Å². The molecule has 0 bridgehead atoms. The topological polar surface area (TPSA) is 173 Å². The second-order valence-electron chi connectivity index (χ2n) is 3.97. The summed E-state index contributed by atoms with van der Waals surface area (Å²) in [5.41, 5.74) is 35.7. The number of nitrogens with two attached hydrogens (primary N) is 6. The van der Waals surface area contributed by atoms with E-state index in [1.165, 1.54) is 6.92 Å². The summed E-state index contributed by atoms with van der Waals surface area (Å²) in [6.45, 7) is 1.39. The molecule has 0 radical (unpaired) electrons. The quantitative estimate of drug-likeness (QED) is 0.368. The molecule has 1 atom stereocenters. The molecule has 1 rings (SSSR count). The van der Waals surface area contributed by atoms with Crippen LogP contribution in [0, 0.1) is 0 Å². The number of hydrogen-bond donors (Lipinski definition) is 6. The van der Waals surface area contributed by atoms with Crippen LogP contribution in [0.25, 0.3) is 0 Å². The lowest BCUT2D eigenvalue weighted by Crippen LogP contribution is -2.31. The van der Waals surface area contributed by atoms with Crippen molar-refractivity contribution in [2.75, 3.05) is 28.7 Å². The van der Waals surface area contributed by atoms with E-state index in [9.17, 15) is 4.79 Å². The summed E-state index contributed by atoms with van der Waals surface area (Å²) < 4.78 is 0. The van der Waals surface area contributed by atoms with E-state index in [0.29, 0.717) is 5.56 Å². The van der Waals surface area contributed by atoms with Crippen molar-refractivity contribution in [1.82, 2.24) is 0 Å². The molecule has 0 fully saturated rings. The molecule has 0 aliphatic rings. The third kappa shape index (κ3) is 2.18. The van der Waals surface area contributed by atoms with Crippen molar-refractivity contribution in [2.24, 2.45) is 5.73 Å². The number of rotatable bonds is 3. The molecule has 1 aromatic rings. The summed E-state index contributed by atoms with van der Waals surface area (Å²) in [5.74, 6) is -0.169. The number of ketones is 1. The van der Waals surface area contributed by atoms with Crippen molar-refractivity contribution in [1.29, 1.82) is 0 Å². The number of anilines is 5. The van der Waals surface area contributed by atoms with Gasteiger partial charge in [0.2, 0.25) is 0 Å². The molecular weight excluding hydrogens is 220 g/mol. The molecule has 0 saturated carbocycles. The Morgan fingerprint density at radius 2 is 1.29 bits per heavy atom. The third-order valence-corrected chi connectivity index (χ3v) is 2.76. The number of Topliss-reactive ketones (excluding diaryl/α,β-unsaturated/α-hetero) is 1. The Bertz CT molecular complexity index is 441. The molecule has 0 aliphatic carbocycles. The van der Waals surface area contributed by atoms with Gasteiger partial charge < -0.3 is 34.4 Å². The normalized spacial score (nSPS) is 12.4. The van der Waals surface area contributed by atoms with Crippen LogP contribution in [-0.2, 0) is 11.2 Å². The van der Waals surface area contributed by atoms with Crippen molar-refractivity contribution in [3.05, 3.63) is 5.56 Å². The van der Waals surface area contributed by atoms with Gasteiger partial charge in [0.1, 0.15) is 5.78 Å². The molecule has 1 aromatic carbocycles. The second-order valence-corrected chi connectivity index (χ2v) is 3.97. The Hall–Kier alpha value is -2.15. The van der Waals surface area contributed by atoms with Crippen LogP contribution in [0.1, 0.15) is 12.5 Å². The Morgan fingerprint density at radius 3 is 1.65 bits per heavy atom. The van der Waals surface area contributed by atoms with E-state index < -0.39 is 6.04 Å². The van der Waals surface area contributed by atoms with Crippen LogP contribution in [0.5, 0.6) is 0 Å². The number of hydrogen-bond acceptors (Lipinski definition) is 7. The third-order valence-electron chi connectivity index (χ3n) is 2.76. The van der Waals surface area contributed by atoms with Gasteiger partial charge in [-0.25, -0.2) is 0 Å². The van der Waals surface area contributed by atoms with Gasteiger partial charge in [-0.05, 0) is 13.3 Å². The monoisotopic (exact) mass is 238 g/mol. The van der Waals surface area contributed by atoms with Crippen molar-refractivity contribution < 1.29 is 4.79 Å². The fraction of sp³-hybridized carbons (Fsp3) is 0.300. The van der Waals surface area contributed by atoms with E-state index in [1.54, 1.807) is 0 Å². The maximum Gasteiger partial charge on any atom is 0.146 e. The molecule has 0 aliphatic heterocycles. The molecule has 12 N–H and O–H groups in total. The highest BCUT2D eigenvalue weighted by Crippen LogP contribution is 2.38. The van der Waals surface area contributed by atoms with Gasteiger partial charge in [0.15, 0.2) is 0 Å². The standard InChI is InChI=1S/C10H18N6O/c1-3(17)5(11)2-4-6(12)8(14)10(16)9(15)7(4)13/h5H,2,11-16H2,1H3. The van der Waals surface area contributed by atoms with Crippen molar-refractivity contribution in [3.63, 3.8) is 0 Å². The highest BCUT2D eigenvalue weighted by molar-refractivity contribution is 5.96. The zero-order valence-corrected chi connectivity index (χ0v) is 9.66. The molecule has 0 saturated heterocycles. The minimum atomic E-state index is -0.693. The van der Waals surface area contributed by atoms with Gasteiger partial charge in [-0.1, -0.05) is 0 Å². The van der Waals surface area contributed by atoms with Crippen LogP contribution >= 0.6 is 0 Å². The minimum Gasteiger partial charge on any atom is -0.397 e. The first-order valence-corrected chi connectivity index (χ1v) is 5.03.